The molecule has 162 valence electrons. The van der Waals surface area contributed by atoms with Crippen molar-refractivity contribution in [3.05, 3.63) is 47.2 Å². The lowest BCUT2D eigenvalue weighted by molar-refractivity contribution is 0.248. The number of carbonyl (C=O) groups is 1. The largest absolute Gasteiger partial charge is 0.335 e. The molecule has 0 spiro atoms. The summed E-state index contributed by atoms with van der Waals surface area (Å²) in [6.07, 6.45) is 11.7. The number of anilines is 3. The molecular formula is C24H25N7O. The first-order valence-corrected chi connectivity index (χ1v) is 10.9. The maximum atomic E-state index is 12.4. The molecule has 5 rings (SSSR count). The molecule has 3 N–H and O–H groups in total. The topological polar surface area (TPSA) is 95.1 Å². The molecule has 0 unspecified atom stereocenters. The summed E-state index contributed by atoms with van der Waals surface area (Å²) in [5.74, 6) is 3.45. The Kier molecular flexibility index (Phi) is 5.33. The van der Waals surface area contributed by atoms with Gasteiger partial charge in [-0.2, -0.15) is 4.98 Å². The summed E-state index contributed by atoms with van der Waals surface area (Å²) in [6.45, 7) is 1.80. The van der Waals surface area contributed by atoms with Crippen LogP contribution in [0.25, 0.3) is 11.0 Å². The average Bonchev–Trinajstić information content (AvgIpc) is 3.42. The van der Waals surface area contributed by atoms with E-state index in [1.165, 1.54) is 11.1 Å². The summed E-state index contributed by atoms with van der Waals surface area (Å²) in [5.41, 5.74) is 4.54. The van der Waals surface area contributed by atoms with Gasteiger partial charge in [-0.25, -0.2) is 14.8 Å². The van der Waals surface area contributed by atoms with E-state index >= 15 is 0 Å². The normalized spacial score (nSPS) is 16.0. The number of nitrogens with zero attached hydrogens (tertiary/aromatic N) is 4. The van der Waals surface area contributed by atoms with E-state index in [9.17, 15) is 4.79 Å². The zero-order chi connectivity index (χ0) is 22.1. The molecule has 0 saturated heterocycles. The molecule has 3 heterocycles. The molecule has 1 fully saturated rings. The maximum absolute atomic E-state index is 12.4. The monoisotopic (exact) mass is 427 g/mol. The van der Waals surface area contributed by atoms with E-state index in [0.717, 1.165) is 44.5 Å². The van der Waals surface area contributed by atoms with Crippen molar-refractivity contribution in [3.8, 4) is 12.3 Å². The number of urea groups is 1. The molecule has 1 aromatic carbocycles. The first-order valence-electron chi connectivity index (χ1n) is 10.9. The minimum absolute atomic E-state index is 0.215. The minimum atomic E-state index is -0.275. The standard InChI is InChI=1S/C24H25N7O/c1-3-15-11-21(29-24(32)26-17-8-4-5-9-17)28-22-18(15)12-25-23(30-22)27-20-10-6-7-16-13-31(2)14-19(16)20/h1,6-7,10-12,17H,4-5,8-9,13-14H2,2H3,(H3,25,26,27,28,29,30,32). The van der Waals surface area contributed by atoms with Gasteiger partial charge in [-0.05, 0) is 43.1 Å². The van der Waals surface area contributed by atoms with Gasteiger partial charge in [0.1, 0.15) is 5.82 Å². The predicted molar refractivity (Wildman–Crippen MR) is 125 cm³/mol. The number of nitrogens with one attached hydrogen (secondary N) is 3. The van der Waals surface area contributed by atoms with Gasteiger partial charge in [0.25, 0.3) is 0 Å². The molecule has 8 heteroatoms. The van der Waals surface area contributed by atoms with Crippen LogP contribution < -0.4 is 16.0 Å². The van der Waals surface area contributed by atoms with Crippen LogP contribution in [0.5, 0.6) is 0 Å². The lowest BCUT2D eigenvalue weighted by Crippen LogP contribution is -2.36. The molecule has 1 aliphatic heterocycles. The van der Waals surface area contributed by atoms with Crippen LogP contribution in [-0.2, 0) is 13.1 Å². The molecule has 0 atom stereocenters. The van der Waals surface area contributed by atoms with Gasteiger partial charge in [0.05, 0.1) is 5.39 Å². The number of terminal acetylenes is 1. The first-order chi connectivity index (χ1) is 15.6. The van der Waals surface area contributed by atoms with Crippen molar-refractivity contribution >= 4 is 34.5 Å². The van der Waals surface area contributed by atoms with E-state index in [-0.39, 0.29) is 12.1 Å². The number of hydrogen-bond acceptors (Lipinski definition) is 6. The smallest absolute Gasteiger partial charge is 0.320 e. The molecule has 1 aliphatic carbocycles. The Labute approximate surface area is 186 Å². The highest BCUT2D eigenvalue weighted by molar-refractivity contribution is 5.91. The zero-order valence-corrected chi connectivity index (χ0v) is 18.0. The summed E-state index contributed by atoms with van der Waals surface area (Å²) in [5, 5.41) is 9.78. The third-order valence-corrected chi connectivity index (χ3v) is 6.04. The third-order valence-electron chi connectivity index (χ3n) is 6.04. The zero-order valence-electron chi connectivity index (χ0n) is 18.0. The fraction of sp³-hybridized carbons (Fsp3) is 0.333. The number of aromatic nitrogens is 3. The van der Waals surface area contributed by atoms with Crippen molar-refractivity contribution in [1.82, 2.24) is 25.2 Å². The second kappa shape index (κ2) is 8.44. The van der Waals surface area contributed by atoms with E-state index in [1.807, 2.05) is 12.1 Å². The highest BCUT2D eigenvalue weighted by Crippen LogP contribution is 2.30. The quantitative estimate of drug-likeness (QED) is 0.549. The van der Waals surface area contributed by atoms with Crippen molar-refractivity contribution in [3.63, 3.8) is 0 Å². The van der Waals surface area contributed by atoms with Crippen LogP contribution in [0.4, 0.5) is 22.2 Å². The summed E-state index contributed by atoms with van der Waals surface area (Å²) in [4.78, 5) is 28.2. The molecule has 32 heavy (non-hydrogen) atoms. The van der Waals surface area contributed by atoms with Crippen molar-refractivity contribution in [2.24, 2.45) is 0 Å². The number of amides is 2. The lowest BCUT2D eigenvalue weighted by Gasteiger charge is -2.13. The van der Waals surface area contributed by atoms with Gasteiger partial charge in [0, 0.05) is 36.6 Å². The van der Waals surface area contributed by atoms with E-state index in [1.54, 1.807) is 12.3 Å². The van der Waals surface area contributed by atoms with Gasteiger partial charge < -0.3 is 10.6 Å². The second-order valence-electron chi connectivity index (χ2n) is 8.45. The van der Waals surface area contributed by atoms with Gasteiger partial charge in [-0.1, -0.05) is 30.9 Å². The SMILES string of the molecule is C#Cc1cc(NC(=O)NC2CCCC2)nc2nc(Nc3cccc4c3CN(C)C4)ncc12. The van der Waals surface area contributed by atoms with Gasteiger partial charge >= 0.3 is 6.03 Å². The van der Waals surface area contributed by atoms with Crippen LogP contribution in [0.15, 0.2) is 30.5 Å². The van der Waals surface area contributed by atoms with Gasteiger partial charge in [-0.15, -0.1) is 6.42 Å². The number of pyridine rings is 1. The summed E-state index contributed by atoms with van der Waals surface area (Å²) >= 11 is 0. The van der Waals surface area contributed by atoms with Gasteiger partial charge in [-0.3, -0.25) is 10.2 Å². The fourth-order valence-electron chi connectivity index (χ4n) is 4.48. The highest BCUT2D eigenvalue weighted by Gasteiger charge is 2.20. The number of carbonyl (C=O) groups excluding carboxylic acids is 1. The Morgan fingerprint density at radius 3 is 2.88 bits per heavy atom. The van der Waals surface area contributed by atoms with Gasteiger partial charge in [0.15, 0.2) is 5.65 Å². The predicted octanol–water partition coefficient (Wildman–Crippen LogP) is 3.76. The van der Waals surface area contributed by atoms with Crippen molar-refractivity contribution in [2.45, 2.75) is 44.8 Å². The van der Waals surface area contributed by atoms with Crippen LogP contribution >= 0.6 is 0 Å². The molecule has 3 aromatic rings. The van der Waals surface area contributed by atoms with Crippen LogP contribution in [0.1, 0.15) is 42.4 Å². The summed E-state index contributed by atoms with van der Waals surface area (Å²) in [6, 6.07) is 7.81. The number of hydrogen-bond donors (Lipinski definition) is 3. The van der Waals surface area contributed by atoms with Crippen molar-refractivity contribution in [1.29, 1.82) is 0 Å². The van der Waals surface area contributed by atoms with E-state index in [0.29, 0.717) is 28.4 Å². The summed E-state index contributed by atoms with van der Waals surface area (Å²) in [7, 11) is 2.10. The molecule has 0 bridgehead atoms. The minimum Gasteiger partial charge on any atom is -0.335 e. The number of benzene rings is 1. The fourth-order valence-corrected chi connectivity index (χ4v) is 4.48. The van der Waals surface area contributed by atoms with Crippen LogP contribution in [-0.4, -0.2) is 39.0 Å². The molecular weight excluding hydrogens is 402 g/mol. The Morgan fingerprint density at radius 2 is 2.06 bits per heavy atom. The molecule has 8 nitrogen and oxygen atoms in total. The van der Waals surface area contributed by atoms with Crippen molar-refractivity contribution in [2.75, 3.05) is 17.7 Å². The van der Waals surface area contributed by atoms with E-state index < -0.39 is 0 Å². The molecule has 2 amide bonds. The summed E-state index contributed by atoms with van der Waals surface area (Å²) < 4.78 is 0. The van der Waals surface area contributed by atoms with Gasteiger partial charge in [0.2, 0.25) is 5.95 Å². The Balaban J connectivity index is 1.41. The maximum Gasteiger partial charge on any atom is 0.320 e. The van der Waals surface area contributed by atoms with Crippen LogP contribution in [0.3, 0.4) is 0 Å². The Hall–Kier alpha value is -3.70. The van der Waals surface area contributed by atoms with E-state index in [4.69, 9.17) is 6.42 Å². The number of fused-ring (bicyclic) bond motifs is 2. The highest BCUT2D eigenvalue weighted by atomic mass is 16.2. The average molecular weight is 428 g/mol. The first kappa shape index (κ1) is 20.2. The molecule has 2 aliphatic rings. The Bertz CT molecular complexity index is 1230. The van der Waals surface area contributed by atoms with Crippen LogP contribution in [0.2, 0.25) is 0 Å². The lowest BCUT2D eigenvalue weighted by atomic mass is 10.1. The molecule has 1 saturated carbocycles. The molecule has 0 radical (unpaired) electrons. The second-order valence-corrected chi connectivity index (χ2v) is 8.45. The third kappa shape index (κ3) is 4.07. The van der Waals surface area contributed by atoms with Crippen LogP contribution in [0, 0.1) is 12.3 Å². The number of rotatable bonds is 4. The van der Waals surface area contributed by atoms with E-state index in [2.05, 4.69) is 54.8 Å². The molecule has 2 aromatic heterocycles. The Morgan fingerprint density at radius 1 is 1.22 bits per heavy atom. The van der Waals surface area contributed by atoms with Crippen molar-refractivity contribution < 1.29 is 4.79 Å².